The highest BCUT2D eigenvalue weighted by Crippen LogP contribution is 2.24. The summed E-state index contributed by atoms with van der Waals surface area (Å²) in [5, 5.41) is 3.38. The predicted octanol–water partition coefficient (Wildman–Crippen LogP) is 1.01. The van der Waals surface area contributed by atoms with E-state index in [1.165, 1.54) is 0 Å². The molecule has 1 amide bonds. The van der Waals surface area contributed by atoms with Crippen LogP contribution in [0.3, 0.4) is 0 Å². The van der Waals surface area contributed by atoms with Crippen molar-refractivity contribution in [1.82, 2.24) is 10.2 Å². The topological polar surface area (TPSA) is 41.6 Å². The molecule has 1 saturated heterocycles. The fourth-order valence-electron chi connectivity index (χ4n) is 2.19. The van der Waals surface area contributed by atoms with Crippen LogP contribution in [0.15, 0.2) is 0 Å². The minimum Gasteiger partial charge on any atom is -0.375 e. The van der Waals surface area contributed by atoms with E-state index in [-0.39, 0.29) is 17.6 Å². The second-order valence-electron chi connectivity index (χ2n) is 5.42. The summed E-state index contributed by atoms with van der Waals surface area (Å²) in [6, 6.07) is 0.261. The Hall–Kier alpha value is -0.610. The van der Waals surface area contributed by atoms with Gasteiger partial charge in [-0.25, -0.2) is 0 Å². The van der Waals surface area contributed by atoms with Gasteiger partial charge in [-0.2, -0.15) is 0 Å². The van der Waals surface area contributed by atoms with Crippen molar-refractivity contribution in [3.8, 4) is 0 Å². The lowest BCUT2D eigenvalue weighted by atomic mass is 9.93. The summed E-state index contributed by atoms with van der Waals surface area (Å²) < 4.78 is 5.65. The summed E-state index contributed by atoms with van der Waals surface area (Å²) >= 11 is 0. The fourth-order valence-corrected chi connectivity index (χ4v) is 2.19. The number of carbonyl (C=O) groups excluding carboxylic acids is 1. The van der Waals surface area contributed by atoms with Crippen LogP contribution in [-0.4, -0.2) is 49.2 Å². The molecule has 0 aromatic carbocycles. The van der Waals surface area contributed by atoms with Gasteiger partial charge in [0.05, 0.1) is 11.6 Å². The number of amides is 1. The lowest BCUT2D eigenvalue weighted by Crippen LogP contribution is -2.50. The number of nitrogens with zero attached hydrogens (tertiary/aromatic N) is 1. The molecule has 4 heteroatoms. The van der Waals surface area contributed by atoms with Gasteiger partial charge in [0.1, 0.15) is 0 Å². The van der Waals surface area contributed by atoms with Gasteiger partial charge in [0.15, 0.2) is 0 Å². The lowest BCUT2D eigenvalue weighted by Gasteiger charge is -2.37. The van der Waals surface area contributed by atoms with Gasteiger partial charge in [0.25, 0.3) is 0 Å². The predicted molar refractivity (Wildman–Crippen MR) is 64.3 cm³/mol. The molecule has 0 radical (unpaired) electrons. The zero-order chi connectivity index (χ0) is 12.3. The number of rotatable bonds is 3. The Morgan fingerprint density at radius 2 is 2.12 bits per heavy atom. The summed E-state index contributed by atoms with van der Waals surface area (Å²) in [4.78, 5) is 13.3. The van der Waals surface area contributed by atoms with E-state index in [0.717, 1.165) is 19.4 Å². The van der Waals surface area contributed by atoms with E-state index in [2.05, 4.69) is 19.2 Å². The summed E-state index contributed by atoms with van der Waals surface area (Å²) in [7, 11) is 3.57. The van der Waals surface area contributed by atoms with E-state index in [4.69, 9.17) is 4.74 Å². The van der Waals surface area contributed by atoms with Crippen molar-refractivity contribution in [2.75, 3.05) is 20.7 Å². The van der Waals surface area contributed by atoms with E-state index < -0.39 is 0 Å². The SMILES string of the molecule is CC(NC1CCOC(C)(C)C1)C(=O)N(C)C. The highest BCUT2D eigenvalue weighted by Gasteiger charge is 2.30. The Bertz CT molecular complexity index is 251. The second kappa shape index (κ2) is 5.15. The second-order valence-corrected chi connectivity index (χ2v) is 5.42. The van der Waals surface area contributed by atoms with Crippen LogP contribution in [0.2, 0.25) is 0 Å². The molecule has 2 atom stereocenters. The molecule has 1 fully saturated rings. The first-order valence-corrected chi connectivity index (χ1v) is 5.93. The van der Waals surface area contributed by atoms with Crippen LogP contribution in [0.1, 0.15) is 33.6 Å². The molecular formula is C12H24N2O2. The minimum absolute atomic E-state index is 0.0726. The molecular weight excluding hydrogens is 204 g/mol. The molecule has 94 valence electrons. The van der Waals surface area contributed by atoms with Crippen LogP contribution < -0.4 is 5.32 Å². The maximum absolute atomic E-state index is 11.7. The maximum Gasteiger partial charge on any atom is 0.238 e. The van der Waals surface area contributed by atoms with E-state index in [9.17, 15) is 4.79 Å². The van der Waals surface area contributed by atoms with Crippen molar-refractivity contribution < 1.29 is 9.53 Å². The quantitative estimate of drug-likeness (QED) is 0.784. The van der Waals surface area contributed by atoms with E-state index in [1.54, 1.807) is 19.0 Å². The van der Waals surface area contributed by atoms with E-state index >= 15 is 0 Å². The third kappa shape index (κ3) is 3.76. The molecule has 0 spiro atoms. The van der Waals surface area contributed by atoms with Gasteiger partial charge >= 0.3 is 0 Å². The highest BCUT2D eigenvalue weighted by molar-refractivity contribution is 5.80. The highest BCUT2D eigenvalue weighted by atomic mass is 16.5. The van der Waals surface area contributed by atoms with Crippen LogP contribution in [0, 0.1) is 0 Å². The first-order valence-electron chi connectivity index (χ1n) is 5.93. The van der Waals surface area contributed by atoms with Gasteiger partial charge in [-0.05, 0) is 33.6 Å². The zero-order valence-electron chi connectivity index (χ0n) is 11.0. The normalized spacial score (nSPS) is 26.2. The third-order valence-electron chi connectivity index (χ3n) is 2.99. The number of hydrogen-bond donors (Lipinski definition) is 1. The molecule has 16 heavy (non-hydrogen) atoms. The van der Waals surface area contributed by atoms with E-state index in [1.807, 2.05) is 6.92 Å². The number of nitrogens with one attached hydrogen (secondary N) is 1. The maximum atomic E-state index is 11.7. The minimum atomic E-state index is -0.117. The number of ether oxygens (including phenoxy) is 1. The summed E-state index contributed by atoms with van der Waals surface area (Å²) in [6.45, 7) is 6.89. The monoisotopic (exact) mass is 228 g/mol. The number of likely N-dealkylation sites (N-methyl/N-ethyl adjacent to an activating group) is 1. The van der Waals surface area contributed by atoms with Crippen molar-refractivity contribution >= 4 is 5.91 Å². The molecule has 4 nitrogen and oxygen atoms in total. The average molecular weight is 228 g/mol. The molecule has 0 aromatic rings. The zero-order valence-corrected chi connectivity index (χ0v) is 11.0. The van der Waals surface area contributed by atoms with Crippen LogP contribution in [-0.2, 0) is 9.53 Å². The molecule has 0 bridgehead atoms. The first-order chi connectivity index (χ1) is 7.32. The van der Waals surface area contributed by atoms with Crippen LogP contribution >= 0.6 is 0 Å². The first kappa shape index (κ1) is 13.5. The standard InChI is InChI=1S/C12H24N2O2/c1-9(11(15)14(4)5)13-10-6-7-16-12(2,3)8-10/h9-10,13H,6-8H2,1-5H3. The van der Waals surface area contributed by atoms with Crippen LogP contribution in [0.5, 0.6) is 0 Å². The van der Waals surface area contributed by atoms with Crippen molar-refractivity contribution in [3.05, 3.63) is 0 Å². The average Bonchev–Trinajstić information content (AvgIpc) is 2.14. The Morgan fingerprint density at radius 3 is 2.62 bits per heavy atom. The largest absolute Gasteiger partial charge is 0.375 e. The molecule has 1 aliphatic rings. The Kier molecular flexibility index (Phi) is 4.33. The molecule has 2 unspecified atom stereocenters. The van der Waals surface area contributed by atoms with Gasteiger partial charge in [-0.3, -0.25) is 4.79 Å². The fraction of sp³-hybridized carbons (Fsp3) is 0.917. The third-order valence-corrected chi connectivity index (χ3v) is 2.99. The van der Waals surface area contributed by atoms with E-state index in [0.29, 0.717) is 6.04 Å². The summed E-state index contributed by atoms with van der Waals surface area (Å²) in [6.07, 6.45) is 1.94. The van der Waals surface area contributed by atoms with Crippen molar-refractivity contribution in [2.24, 2.45) is 0 Å². The van der Waals surface area contributed by atoms with Crippen molar-refractivity contribution in [3.63, 3.8) is 0 Å². The number of carbonyl (C=O) groups is 1. The molecule has 1 aliphatic heterocycles. The molecule has 0 aliphatic carbocycles. The van der Waals surface area contributed by atoms with Gasteiger partial charge < -0.3 is 15.0 Å². The van der Waals surface area contributed by atoms with Crippen molar-refractivity contribution in [1.29, 1.82) is 0 Å². The van der Waals surface area contributed by atoms with Gasteiger partial charge in [0, 0.05) is 26.7 Å². The molecule has 1 rings (SSSR count). The lowest BCUT2D eigenvalue weighted by molar-refractivity contribution is -0.131. The molecule has 1 N–H and O–H groups in total. The smallest absolute Gasteiger partial charge is 0.238 e. The van der Waals surface area contributed by atoms with Gasteiger partial charge in [0.2, 0.25) is 5.91 Å². The Balaban J connectivity index is 2.45. The Labute approximate surface area is 98.3 Å². The van der Waals surface area contributed by atoms with Gasteiger partial charge in [-0.1, -0.05) is 0 Å². The van der Waals surface area contributed by atoms with Gasteiger partial charge in [-0.15, -0.1) is 0 Å². The Morgan fingerprint density at radius 1 is 1.50 bits per heavy atom. The summed E-state index contributed by atoms with van der Waals surface area (Å²) in [5.41, 5.74) is -0.0726. The molecule has 1 heterocycles. The van der Waals surface area contributed by atoms with Crippen LogP contribution in [0.4, 0.5) is 0 Å². The number of hydrogen-bond acceptors (Lipinski definition) is 3. The summed E-state index contributed by atoms with van der Waals surface area (Å²) in [5.74, 6) is 0.129. The molecule has 0 saturated carbocycles. The van der Waals surface area contributed by atoms with Crippen LogP contribution in [0.25, 0.3) is 0 Å². The van der Waals surface area contributed by atoms with Crippen molar-refractivity contribution in [2.45, 2.75) is 51.3 Å². The molecule has 0 aromatic heterocycles.